The van der Waals surface area contributed by atoms with Crippen molar-refractivity contribution in [2.75, 3.05) is 32.1 Å². The van der Waals surface area contributed by atoms with Crippen LogP contribution in [0.4, 0.5) is 10.5 Å². The molecule has 190 valence electrons. The molecule has 3 amide bonds. The Bertz CT molecular complexity index is 1000. The van der Waals surface area contributed by atoms with Crippen molar-refractivity contribution in [2.24, 2.45) is 5.92 Å². The van der Waals surface area contributed by atoms with Crippen LogP contribution >= 0.6 is 0 Å². The third-order valence-electron chi connectivity index (χ3n) is 6.04. The first-order chi connectivity index (χ1) is 16.7. The fourth-order valence-corrected chi connectivity index (χ4v) is 4.12. The number of aliphatic hydroxyl groups excluding tert-OH is 1. The molecule has 3 N–H and O–H groups in total. The highest BCUT2D eigenvalue weighted by Gasteiger charge is 2.33. The van der Waals surface area contributed by atoms with Crippen molar-refractivity contribution in [1.82, 2.24) is 20.1 Å². The van der Waals surface area contributed by atoms with Crippen LogP contribution in [0.15, 0.2) is 42.7 Å². The molecule has 0 radical (unpaired) electrons. The Morgan fingerprint density at radius 2 is 1.97 bits per heavy atom. The summed E-state index contributed by atoms with van der Waals surface area (Å²) in [5, 5.41) is 15.4. The van der Waals surface area contributed by atoms with E-state index in [4.69, 9.17) is 4.74 Å². The molecule has 1 aliphatic heterocycles. The monoisotopic (exact) mass is 483 g/mol. The van der Waals surface area contributed by atoms with Crippen LogP contribution in [0.3, 0.4) is 0 Å². The summed E-state index contributed by atoms with van der Waals surface area (Å²) >= 11 is 0. The van der Waals surface area contributed by atoms with Crippen LogP contribution in [0.2, 0.25) is 0 Å². The number of anilines is 1. The molecule has 3 atom stereocenters. The molecule has 0 bridgehead atoms. The summed E-state index contributed by atoms with van der Waals surface area (Å²) in [6.07, 6.45) is 3.37. The van der Waals surface area contributed by atoms with Gasteiger partial charge in [-0.15, -0.1) is 0 Å². The molecule has 2 heterocycles. The van der Waals surface area contributed by atoms with Crippen LogP contribution in [-0.2, 0) is 6.54 Å². The Balaban J connectivity index is 1.87. The van der Waals surface area contributed by atoms with Gasteiger partial charge in [-0.3, -0.25) is 14.7 Å². The zero-order valence-electron chi connectivity index (χ0n) is 21.2. The van der Waals surface area contributed by atoms with Crippen LogP contribution in [0, 0.1) is 5.92 Å². The molecule has 1 aliphatic rings. The second kappa shape index (κ2) is 12.0. The first-order valence-electron chi connectivity index (χ1n) is 12.1. The van der Waals surface area contributed by atoms with Crippen LogP contribution < -0.4 is 15.4 Å². The number of nitrogens with zero attached hydrogens (tertiary/aromatic N) is 3. The minimum Gasteiger partial charge on any atom is -0.488 e. The van der Waals surface area contributed by atoms with Gasteiger partial charge in [-0.25, -0.2) is 4.79 Å². The molecule has 0 aliphatic carbocycles. The van der Waals surface area contributed by atoms with E-state index in [1.54, 1.807) is 35.5 Å². The minimum absolute atomic E-state index is 0.0171. The maximum atomic E-state index is 13.5. The number of pyridine rings is 1. The molecule has 0 saturated heterocycles. The Labute approximate surface area is 207 Å². The van der Waals surface area contributed by atoms with Crippen molar-refractivity contribution in [3.8, 4) is 5.75 Å². The normalized spacial score (nSPS) is 19.0. The van der Waals surface area contributed by atoms with Crippen LogP contribution in [-0.4, -0.2) is 76.8 Å². The number of carbonyl (C=O) groups excluding carboxylic acids is 2. The number of hydrogen-bond donors (Lipinski definition) is 3. The van der Waals surface area contributed by atoms with Gasteiger partial charge >= 0.3 is 6.03 Å². The highest BCUT2D eigenvalue weighted by atomic mass is 16.5. The van der Waals surface area contributed by atoms with Gasteiger partial charge in [0.2, 0.25) is 0 Å². The van der Waals surface area contributed by atoms with Crippen molar-refractivity contribution in [1.29, 1.82) is 0 Å². The molecule has 2 aromatic rings. The SMILES string of the molecule is CC(C)NC(=O)Nc1ccc2c(c1)C(=O)N([C@H](C)CO)C[C@@H](C)[C@@H](CN(C)Cc1ccncc1)O2. The van der Waals surface area contributed by atoms with Gasteiger partial charge in [0.25, 0.3) is 5.91 Å². The Kier molecular flexibility index (Phi) is 9.06. The van der Waals surface area contributed by atoms with Gasteiger partial charge in [0.1, 0.15) is 11.9 Å². The second-order valence-electron chi connectivity index (χ2n) is 9.64. The van der Waals surface area contributed by atoms with Gasteiger partial charge in [0, 0.05) is 49.7 Å². The standard InChI is InChI=1S/C26H37N5O4/c1-17(2)28-26(34)29-21-6-7-23-22(12-21)25(33)31(19(4)16-32)13-18(3)24(35-23)15-30(5)14-20-8-10-27-11-9-20/h6-12,17-19,24,32H,13-16H2,1-5H3,(H2,28,29,34)/t18-,19-,24-/m1/s1. The maximum absolute atomic E-state index is 13.5. The number of amides is 3. The minimum atomic E-state index is -0.355. The predicted octanol–water partition coefficient (Wildman–Crippen LogP) is 2.96. The number of fused-ring (bicyclic) bond motifs is 1. The highest BCUT2D eigenvalue weighted by Crippen LogP contribution is 2.30. The van der Waals surface area contributed by atoms with Gasteiger partial charge in [0.15, 0.2) is 0 Å². The molecule has 3 rings (SSSR count). The number of carbonyl (C=O) groups is 2. The van der Waals surface area contributed by atoms with E-state index in [2.05, 4.69) is 27.4 Å². The molecule has 0 fully saturated rings. The third kappa shape index (κ3) is 7.16. The molecule has 0 unspecified atom stereocenters. The lowest BCUT2D eigenvalue weighted by Gasteiger charge is -2.38. The van der Waals surface area contributed by atoms with E-state index in [1.165, 1.54) is 0 Å². The van der Waals surface area contributed by atoms with E-state index in [0.717, 1.165) is 12.1 Å². The van der Waals surface area contributed by atoms with Crippen LogP contribution in [0.1, 0.15) is 43.6 Å². The summed E-state index contributed by atoms with van der Waals surface area (Å²) in [6.45, 7) is 9.33. The average Bonchev–Trinajstić information content (AvgIpc) is 2.81. The van der Waals surface area contributed by atoms with Gasteiger partial charge < -0.3 is 25.4 Å². The molecule has 9 nitrogen and oxygen atoms in total. The summed E-state index contributed by atoms with van der Waals surface area (Å²) in [5.74, 6) is 0.259. The van der Waals surface area contributed by atoms with Gasteiger partial charge in [-0.2, -0.15) is 0 Å². The lowest BCUT2D eigenvalue weighted by Crippen LogP contribution is -2.49. The number of aliphatic hydroxyl groups is 1. The van der Waals surface area contributed by atoms with E-state index in [9.17, 15) is 14.7 Å². The lowest BCUT2D eigenvalue weighted by molar-refractivity contribution is 0.0341. The number of benzene rings is 1. The Hall–Kier alpha value is -3.17. The van der Waals surface area contributed by atoms with E-state index >= 15 is 0 Å². The van der Waals surface area contributed by atoms with Crippen LogP contribution in [0.5, 0.6) is 5.75 Å². The number of ether oxygens (including phenoxy) is 1. The predicted molar refractivity (Wildman–Crippen MR) is 135 cm³/mol. The van der Waals surface area contributed by atoms with E-state index in [0.29, 0.717) is 30.1 Å². The zero-order chi connectivity index (χ0) is 25.5. The summed E-state index contributed by atoms with van der Waals surface area (Å²) in [4.78, 5) is 33.7. The zero-order valence-corrected chi connectivity index (χ0v) is 21.2. The molecule has 1 aromatic carbocycles. The summed E-state index contributed by atoms with van der Waals surface area (Å²) in [5.41, 5.74) is 2.01. The van der Waals surface area contributed by atoms with Crippen molar-refractivity contribution in [3.05, 3.63) is 53.9 Å². The topological polar surface area (TPSA) is 107 Å². The molecular formula is C26H37N5O4. The number of urea groups is 1. The van der Waals surface area contributed by atoms with E-state index in [1.807, 2.05) is 40.0 Å². The van der Waals surface area contributed by atoms with Gasteiger partial charge in [-0.1, -0.05) is 6.92 Å². The smallest absolute Gasteiger partial charge is 0.319 e. The Morgan fingerprint density at radius 1 is 1.26 bits per heavy atom. The van der Waals surface area contributed by atoms with Gasteiger partial charge in [-0.05, 0) is 63.7 Å². The molecule has 0 spiro atoms. The maximum Gasteiger partial charge on any atom is 0.319 e. The number of aromatic nitrogens is 1. The van der Waals surface area contributed by atoms with Crippen molar-refractivity contribution >= 4 is 17.6 Å². The fourth-order valence-electron chi connectivity index (χ4n) is 4.12. The average molecular weight is 484 g/mol. The van der Waals surface area contributed by atoms with Crippen LogP contribution in [0.25, 0.3) is 0 Å². The first kappa shape index (κ1) is 26.4. The van der Waals surface area contributed by atoms with Crippen molar-refractivity contribution in [2.45, 2.75) is 52.4 Å². The molecule has 9 heteroatoms. The number of hydrogen-bond acceptors (Lipinski definition) is 6. The summed E-state index contributed by atoms with van der Waals surface area (Å²) in [6, 6.07) is 8.36. The third-order valence-corrected chi connectivity index (χ3v) is 6.04. The highest BCUT2D eigenvalue weighted by molar-refractivity contribution is 5.99. The molecule has 0 saturated carbocycles. The number of likely N-dealkylation sites (N-methyl/N-ethyl adjacent to an activating group) is 1. The quantitative estimate of drug-likeness (QED) is 0.533. The van der Waals surface area contributed by atoms with Crippen molar-refractivity contribution < 1.29 is 19.4 Å². The first-order valence-corrected chi connectivity index (χ1v) is 12.1. The summed E-state index contributed by atoms with van der Waals surface area (Å²) in [7, 11) is 2.04. The molecular weight excluding hydrogens is 446 g/mol. The molecule has 35 heavy (non-hydrogen) atoms. The van der Waals surface area contributed by atoms with Gasteiger partial charge in [0.05, 0.1) is 18.2 Å². The lowest BCUT2D eigenvalue weighted by atomic mass is 9.99. The number of nitrogens with one attached hydrogen (secondary N) is 2. The fraction of sp³-hybridized carbons (Fsp3) is 0.500. The largest absolute Gasteiger partial charge is 0.488 e. The molecule has 1 aromatic heterocycles. The van der Waals surface area contributed by atoms with Crippen molar-refractivity contribution in [3.63, 3.8) is 0 Å². The Morgan fingerprint density at radius 3 is 2.63 bits per heavy atom. The second-order valence-corrected chi connectivity index (χ2v) is 9.64. The van der Waals surface area contributed by atoms with E-state index in [-0.39, 0.29) is 42.7 Å². The number of rotatable bonds is 8. The van der Waals surface area contributed by atoms with E-state index < -0.39 is 0 Å². The summed E-state index contributed by atoms with van der Waals surface area (Å²) < 4.78 is 6.42.